The van der Waals surface area contributed by atoms with Crippen molar-refractivity contribution in [3.63, 3.8) is 0 Å². The first-order valence-electron chi connectivity index (χ1n) is 11.1. The molecule has 0 radical (unpaired) electrons. The number of rotatable bonds is 9. The second-order valence-corrected chi connectivity index (χ2v) is 8.15. The van der Waals surface area contributed by atoms with Gasteiger partial charge in [-0.05, 0) is 56.0 Å². The zero-order valence-corrected chi connectivity index (χ0v) is 19.3. The van der Waals surface area contributed by atoms with E-state index in [1.807, 2.05) is 70.5 Å². The first-order valence-corrected chi connectivity index (χ1v) is 11.1. The molecule has 6 nitrogen and oxygen atoms in total. The second kappa shape index (κ2) is 10.8. The standard InChI is InChI=1S/C26H32N4O2/c1-5-22-18-21(16-19(2)28-22)26(32)30(4)23(17-20-10-7-6-8-11-20)13-14-27-25(31)24-12-9-15-29(24)3/h6-12,15-16,18,23H,5,13-14,17H2,1-4H3,(H,27,31)/t23-/m1/s1. The Kier molecular flexibility index (Phi) is 7.82. The van der Waals surface area contributed by atoms with Crippen LogP contribution in [0.25, 0.3) is 0 Å². The smallest absolute Gasteiger partial charge is 0.267 e. The Labute approximate surface area is 190 Å². The van der Waals surface area contributed by atoms with Gasteiger partial charge in [-0.25, -0.2) is 0 Å². The summed E-state index contributed by atoms with van der Waals surface area (Å²) in [5.74, 6) is -0.137. The maximum atomic E-state index is 13.3. The first kappa shape index (κ1) is 23.3. The molecule has 0 aliphatic rings. The quantitative estimate of drug-likeness (QED) is 0.559. The number of carbonyl (C=O) groups excluding carboxylic acids is 2. The van der Waals surface area contributed by atoms with Gasteiger partial charge in [-0.1, -0.05) is 37.3 Å². The Morgan fingerprint density at radius 1 is 1.12 bits per heavy atom. The zero-order chi connectivity index (χ0) is 23.1. The second-order valence-electron chi connectivity index (χ2n) is 8.15. The monoisotopic (exact) mass is 432 g/mol. The van der Waals surface area contributed by atoms with E-state index in [-0.39, 0.29) is 17.9 Å². The molecule has 1 N–H and O–H groups in total. The molecule has 0 bridgehead atoms. The number of nitrogens with one attached hydrogen (secondary N) is 1. The number of hydrogen-bond acceptors (Lipinski definition) is 3. The van der Waals surface area contributed by atoms with Gasteiger partial charge < -0.3 is 14.8 Å². The molecule has 2 aromatic heterocycles. The highest BCUT2D eigenvalue weighted by atomic mass is 16.2. The molecule has 2 amide bonds. The number of hydrogen-bond donors (Lipinski definition) is 1. The van der Waals surface area contributed by atoms with Crippen molar-refractivity contribution in [2.45, 2.75) is 39.2 Å². The average molecular weight is 433 g/mol. The molecule has 0 fully saturated rings. The molecule has 1 atom stereocenters. The number of aromatic nitrogens is 2. The van der Waals surface area contributed by atoms with Gasteiger partial charge in [0.2, 0.25) is 0 Å². The van der Waals surface area contributed by atoms with E-state index >= 15 is 0 Å². The van der Waals surface area contributed by atoms with Crippen molar-refractivity contribution < 1.29 is 9.59 Å². The van der Waals surface area contributed by atoms with E-state index in [1.165, 1.54) is 0 Å². The van der Waals surface area contributed by atoms with Crippen molar-refractivity contribution in [3.05, 3.63) is 89.0 Å². The number of benzene rings is 1. The molecule has 0 aliphatic heterocycles. The lowest BCUT2D eigenvalue weighted by molar-refractivity contribution is 0.0722. The highest BCUT2D eigenvalue weighted by Gasteiger charge is 2.23. The topological polar surface area (TPSA) is 67.2 Å². The van der Waals surface area contributed by atoms with Crippen molar-refractivity contribution in [2.24, 2.45) is 7.05 Å². The van der Waals surface area contributed by atoms with Gasteiger partial charge in [-0.15, -0.1) is 0 Å². The highest BCUT2D eigenvalue weighted by molar-refractivity contribution is 5.94. The molecule has 0 aliphatic carbocycles. The van der Waals surface area contributed by atoms with Crippen LogP contribution >= 0.6 is 0 Å². The third-order valence-electron chi connectivity index (χ3n) is 5.74. The molecule has 0 saturated heterocycles. The number of pyridine rings is 1. The van der Waals surface area contributed by atoms with E-state index < -0.39 is 0 Å². The molecule has 6 heteroatoms. The van der Waals surface area contributed by atoms with Crippen LogP contribution in [-0.4, -0.2) is 45.9 Å². The van der Waals surface area contributed by atoms with Crippen LogP contribution in [0.15, 0.2) is 60.8 Å². The fraction of sp³-hybridized carbons (Fsp3) is 0.346. The summed E-state index contributed by atoms with van der Waals surface area (Å²) in [5, 5.41) is 3.00. The normalized spacial score (nSPS) is 11.8. The van der Waals surface area contributed by atoms with Gasteiger partial charge in [0.1, 0.15) is 5.69 Å². The first-order chi connectivity index (χ1) is 15.4. The Bertz CT molecular complexity index is 1060. The van der Waals surface area contributed by atoms with E-state index in [2.05, 4.69) is 22.4 Å². The Morgan fingerprint density at radius 2 is 1.88 bits per heavy atom. The molecule has 168 valence electrons. The van der Waals surface area contributed by atoms with Gasteiger partial charge in [0, 0.05) is 49.8 Å². The Balaban J connectivity index is 1.74. The SMILES string of the molecule is CCc1cc(C(=O)N(C)[C@H](CCNC(=O)c2cccn2C)Cc2ccccc2)cc(C)n1. The average Bonchev–Trinajstić information content (AvgIpc) is 3.23. The fourth-order valence-electron chi connectivity index (χ4n) is 3.87. The van der Waals surface area contributed by atoms with Crippen molar-refractivity contribution in [2.75, 3.05) is 13.6 Å². The summed E-state index contributed by atoms with van der Waals surface area (Å²) in [4.78, 5) is 32.1. The Hall–Kier alpha value is -3.41. The zero-order valence-electron chi connectivity index (χ0n) is 19.3. The molecule has 2 heterocycles. The summed E-state index contributed by atoms with van der Waals surface area (Å²) in [7, 11) is 3.69. The van der Waals surface area contributed by atoms with Crippen LogP contribution in [0.2, 0.25) is 0 Å². The molecule has 0 spiro atoms. The lowest BCUT2D eigenvalue weighted by atomic mass is 10.0. The van der Waals surface area contributed by atoms with Crippen molar-refractivity contribution in [1.82, 2.24) is 19.8 Å². The highest BCUT2D eigenvalue weighted by Crippen LogP contribution is 2.16. The third kappa shape index (κ3) is 5.84. The van der Waals surface area contributed by atoms with Crippen LogP contribution in [0.4, 0.5) is 0 Å². The lowest BCUT2D eigenvalue weighted by Crippen LogP contribution is -2.41. The molecule has 3 aromatic rings. The molecule has 0 saturated carbocycles. The summed E-state index contributed by atoms with van der Waals surface area (Å²) in [6.45, 7) is 4.43. The molecular weight excluding hydrogens is 400 g/mol. The Morgan fingerprint density at radius 3 is 2.53 bits per heavy atom. The van der Waals surface area contributed by atoms with Crippen molar-refractivity contribution >= 4 is 11.8 Å². The van der Waals surface area contributed by atoms with Gasteiger partial charge in [0.15, 0.2) is 0 Å². The van der Waals surface area contributed by atoms with Crippen LogP contribution in [0, 0.1) is 6.92 Å². The lowest BCUT2D eigenvalue weighted by Gasteiger charge is -2.29. The van der Waals surface area contributed by atoms with E-state index in [1.54, 1.807) is 15.5 Å². The summed E-state index contributed by atoms with van der Waals surface area (Å²) in [6.07, 6.45) is 4.00. The number of aryl methyl sites for hydroxylation is 3. The summed E-state index contributed by atoms with van der Waals surface area (Å²) in [5.41, 5.74) is 4.19. The predicted octanol–water partition coefficient (Wildman–Crippen LogP) is 3.79. The maximum absolute atomic E-state index is 13.3. The number of likely N-dealkylation sites (N-methyl/N-ethyl adjacent to an activating group) is 1. The minimum atomic E-state index is -0.109. The minimum Gasteiger partial charge on any atom is -0.351 e. The molecule has 32 heavy (non-hydrogen) atoms. The van der Waals surface area contributed by atoms with E-state index in [4.69, 9.17) is 0 Å². The number of carbonyl (C=O) groups is 2. The molecule has 3 rings (SSSR count). The van der Waals surface area contributed by atoms with Crippen LogP contribution in [0.1, 0.15) is 51.1 Å². The third-order valence-corrected chi connectivity index (χ3v) is 5.74. The maximum Gasteiger partial charge on any atom is 0.267 e. The van der Waals surface area contributed by atoms with Gasteiger partial charge in [0.25, 0.3) is 11.8 Å². The largest absolute Gasteiger partial charge is 0.351 e. The van der Waals surface area contributed by atoms with Gasteiger partial charge in [0.05, 0.1) is 0 Å². The van der Waals surface area contributed by atoms with Gasteiger partial charge in [-0.2, -0.15) is 0 Å². The van der Waals surface area contributed by atoms with Gasteiger partial charge in [-0.3, -0.25) is 14.6 Å². The number of nitrogens with zero attached hydrogens (tertiary/aromatic N) is 3. The molecule has 0 unspecified atom stereocenters. The predicted molar refractivity (Wildman–Crippen MR) is 127 cm³/mol. The van der Waals surface area contributed by atoms with Crippen LogP contribution in [-0.2, 0) is 19.9 Å². The van der Waals surface area contributed by atoms with Crippen LogP contribution in [0.3, 0.4) is 0 Å². The summed E-state index contributed by atoms with van der Waals surface area (Å²) >= 11 is 0. The van der Waals surface area contributed by atoms with Crippen molar-refractivity contribution in [1.29, 1.82) is 0 Å². The van der Waals surface area contributed by atoms with Crippen molar-refractivity contribution in [3.8, 4) is 0 Å². The van der Waals surface area contributed by atoms with E-state index in [0.29, 0.717) is 30.6 Å². The van der Waals surface area contributed by atoms with Gasteiger partial charge >= 0.3 is 0 Å². The fourth-order valence-corrected chi connectivity index (χ4v) is 3.87. The van der Waals surface area contributed by atoms with E-state index in [0.717, 1.165) is 23.4 Å². The summed E-state index contributed by atoms with van der Waals surface area (Å²) < 4.78 is 1.80. The summed E-state index contributed by atoms with van der Waals surface area (Å²) in [6, 6.07) is 17.4. The molecule has 1 aromatic carbocycles. The van der Waals surface area contributed by atoms with Crippen LogP contribution in [0.5, 0.6) is 0 Å². The van der Waals surface area contributed by atoms with E-state index in [9.17, 15) is 9.59 Å². The minimum absolute atomic E-state index is 0.0279. The number of amides is 2. The van der Waals surface area contributed by atoms with Crippen LogP contribution < -0.4 is 5.32 Å². The molecular formula is C26H32N4O2.